The molecule has 2 rings (SSSR count). The summed E-state index contributed by atoms with van der Waals surface area (Å²) in [5.41, 5.74) is 1.15. The SMILES string of the molecule is Cc1cccc(OC(C)CNC(=O)C2CCCC2O)c1. The predicted molar refractivity (Wildman–Crippen MR) is 77.6 cm³/mol. The van der Waals surface area contributed by atoms with Gasteiger partial charge in [-0.05, 0) is 50.8 Å². The first kappa shape index (κ1) is 14.9. The Hall–Kier alpha value is -1.55. The van der Waals surface area contributed by atoms with Gasteiger partial charge in [0.05, 0.1) is 18.6 Å². The predicted octanol–water partition coefficient (Wildman–Crippen LogP) is 2.04. The lowest BCUT2D eigenvalue weighted by Gasteiger charge is -2.18. The van der Waals surface area contributed by atoms with E-state index in [0.29, 0.717) is 6.54 Å². The molecule has 1 aromatic rings. The van der Waals surface area contributed by atoms with Crippen molar-refractivity contribution in [1.29, 1.82) is 0 Å². The second kappa shape index (κ2) is 6.75. The first-order valence-electron chi connectivity index (χ1n) is 7.25. The molecule has 4 heteroatoms. The van der Waals surface area contributed by atoms with Gasteiger partial charge in [0.1, 0.15) is 11.9 Å². The number of ether oxygens (including phenoxy) is 1. The van der Waals surface area contributed by atoms with Gasteiger partial charge in [0, 0.05) is 0 Å². The molecular formula is C16H23NO3. The number of aliphatic hydroxyl groups excluding tert-OH is 1. The molecule has 1 aromatic carbocycles. The summed E-state index contributed by atoms with van der Waals surface area (Å²) in [5, 5.41) is 12.6. The van der Waals surface area contributed by atoms with Gasteiger partial charge in [-0.15, -0.1) is 0 Å². The number of rotatable bonds is 5. The summed E-state index contributed by atoms with van der Waals surface area (Å²) in [6.07, 6.45) is 1.85. The largest absolute Gasteiger partial charge is 0.489 e. The monoisotopic (exact) mass is 277 g/mol. The molecule has 0 spiro atoms. The second-order valence-electron chi connectivity index (χ2n) is 5.59. The quantitative estimate of drug-likeness (QED) is 0.866. The maximum atomic E-state index is 11.9. The summed E-state index contributed by atoms with van der Waals surface area (Å²) in [6.45, 7) is 4.39. The Morgan fingerprint density at radius 2 is 2.30 bits per heavy atom. The van der Waals surface area contributed by atoms with E-state index in [4.69, 9.17) is 4.74 Å². The van der Waals surface area contributed by atoms with Crippen molar-refractivity contribution in [3.8, 4) is 5.75 Å². The van der Waals surface area contributed by atoms with E-state index in [1.54, 1.807) is 0 Å². The average Bonchev–Trinajstić information content (AvgIpc) is 2.82. The van der Waals surface area contributed by atoms with Gasteiger partial charge in [0.15, 0.2) is 0 Å². The molecule has 3 atom stereocenters. The highest BCUT2D eigenvalue weighted by Gasteiger charge is 2.31. The Labute approximate surface area is 120 Å². The molecule has 0 heterocycles. The van der Waals surface area contributed by atoms with Gasteiger partial charge in [-0.3, -0.25) is 4.79 Å². The fraction of sp³-hybridized carbons (Fsp3) is 0.562. The Morgan fingerprint density at radius 3 is 2.95 bits per heavy atom. The van der Waals surface area contributed by atoms with Crippen LogP contribution in [0, 0.1) is 12.8 Å². The highest BCUT2D eigenvalue weighted by atomic mass is 16.5. The van der Waals surface area contributed by atoms with Crippen molar-refractivity contribution in [1.82, 2.24) is 5.32 Å². The van der Waals surface area contributed by atoms with E-state index in [9.17, 15) is 9.90 Å². The fourth-order valence-corrected chi connectivity index (χ4v) is 2.58. The van der Waals surface area contributed by atoms with Crippen molar-refractivity contribution in [3.05, 3.63) is 29.8 Å². The van der Waals surface area contributed by atoms with Crippen LogP contribution in [0.3, 0.4) is 0 Å². The number of carbonyl (C=O) groups excluding carboxylic acids is 1. The molecule has 0 radical (unpaired) electrons. The van der Waals surface area contributed by atoms with Crippen molar-refractivity contribution >= 4 is 5.91 Å². The minimum absolute atomic E-state index is 0.0605. The Kier molecular flexibility index (Phi) is 5.01. The zero-order valence-electron chi connectivity index (χ0n) is 12.1. The first-order valence-corrected chi connectivity index (χ1v) is 7.25. The zero-order chi connectivity index (χ0) is 14.5. The van der Waals surface area contributed by atoms with E-state index in [2.05, 4.69) is 5.32 Å². The molecule has 1 saturated carbocycles. The number of benzene rings is 1. The van der Waals surface area contributed by atoms with E-state index in [-0.39, 0.29) is 17.9 Å². The molecule has 0 saturated heterocycles. The van der Waals surface area contributed by atoms with Crippen LogP contribution in [0.4, 0.5) is 0 Å². The van der Waals surface area contributed by atoms with Crippen LogP contribution in [-0.4, -0.2) is 29.8 Å². The maximum Gasteiger partial charge on any atom is 0.225 e. The van der Waals surface area contributed by atoms with Crippen LogP contribution in [0.15, 0.2) is 24.3 Å². The third-order valence-corrected chi connectivity index (χ3v) is 3.71. The summed E-state index contributed by atoms with van der Waals surface area (Å²) >= 11 is 0. The molecule has 1 aliphatic rings. The maximum absolute atomic E-state index is 11.9. The standard InChI is InChI=1S/C16H23NO3/c1-11-5-3-6-13(9-11)20-12(2)10-17-16(19)14-7-4-8-15(14)18/h3,5-6,9,12,14-15,18H,4,7-8,10H2,1-2H3,(H,17,19). The Morgan fingerprint density at radius 1 is 1.50 bits per heavy atom. The molecule has 3 unspecified atom stereocenters. The number of amides is 1. The molecule has 20 heavy (non-hydrogen) atoms. The summed E-state index contributed by atoms with van der Waals surface area (Å²) in [7, 11) is 0. The van der Waals surface area contributed by atoms with Gasteiger partial charge in [-0.2, -0.15) is 0 Å². The summed E-state index contributed by atoms with van der Waals surface area (Å²) in [5.74, 6) is 0.503. The normalized spacial score (nSPS) is 23.4. The number of aliphatic hydroxyl groups is 1. The molecule has 0 aliphatic heterocycles. The number of hydrogen-bond donors (Lipinski definition) is 2. The molecule has 1 aliphatic carbocycles. The van der Waals surface area contributed by atoms with E-state index in [0.717, 1.165) is 30.6 Å². The number of aryl methyl sites for hydroxylation is 1. The third kappa shape index (κ3) is 3.97. The molecule has 1 amide bonds. The molecule has 110 valence electrons. The summed E-state index contributed by atoms with van der Waals surface area (Å²) in [4.78, 5) is 11.9. The minimum atomic E-state index is -0.483. The van der Waals surface area contributed by atoms with Crippen LogP contribution >= 0.6 is 0 Å². The molecule has 0 aromatic heterocycles. The highest BCUT2D eigenvalue weighted by Crippen LogP contribution is 2.25. The topological polar surface area (TPSA) is 58.6 Å². The van der Waals surface area contributed by atoms with Crippen LogP contribution in [0.25, 0.3) is 0 Å². The molecular weight excluding hydrogens is 254 g/mol. The minimum Gasteiger partial charge on any atom is -0.489 e. The van der Waals surface area contributed by atoms with Crippen LogP contribution in [0.5, 0.6) is 5.75 Å². The smallest absolute Gasteiger partial charge is 0.225 e. The van der Waals surface area contributed by atoms with Gasteiger partial charge in [-0.1, -0.05) is 12.1 Å². The number of nitrogens with one attached hydrogen (secondary N) is 1. The van der Waals surface area contributed by atoms with Gasteiger partial charge in [0.2, 0.25) is 5.91 Å². The van der Waals surface area contributed by atoms with Crippen molar-refractivity contribution in [2.24, 2.45) is 5.92 Å². The fourth-order valence-electron chi connectivity index (χ4n) is 2.58. The number of hydrogen-bond acceptors (Lipinski definition) is 3. The van der Waals surface area contributed by atoms with Crippen LogP contribution in [0.1, 0.15) is 31.7 Å². The van der Waals surface area contributed by atoms with Gasteiger partial charge in [-0.25, -0.2) is 0 Å². The zero-order valence-corrected chi connectivity index (χ0v) is 12.1. The van der Waals surface area contributed by atoms with E-state index >= 15 is 0 Å². The Balaban J connectivity index is 1.77. The van der Waals surface area contributed by atoms with Crippen molar-refractivity contribution < 1.29 is 14.6 Å². The van der Waals surface area contributed by atoms with Crippen molar-refractivity contribution in [2.45, 2.75) is 45.3 Å². The first-order chi connectivity index (χ1) is 9.56. The summed E-state index contributed by atoms with van der Waals surface area (Å²) in [6, 6.07) is 7.84. The average molecular weight is 277 g/mol. The lowest BCUT2D eigenvalue weighted by molar-refractivity contribution is -0.127. The van der Waals surface area contributed by atoms with E-state index < -0.39 is 6.10 Å². The highest BCUT2D eigenvalue weighted by molar-refractivity contribution is 5.79. The van der Waals surface area contributed by atoms with Crippen LogP contribution in [-0.2, 0) is 4.79 Å². The molecule has 2 N–H and O–H groups in total. The van der Waals surface area contributed by atoms with Crippen molar-refractivity contribution in [2.75, 3.05) is 6.54 Å². The van der Waals surface area contributed by atoms with Gasteiger partial charge >= 0.3 is 0 Å². The third-order valence-electron chi connectivity index (χ3n) is 3.71. The lowest BCUT2D eigenvalue weighted by Crippen LogP contribution is -2.39. The number of carbonyl (C=O) groups is 1. The molecule has 0 bridgehead atoms. The van der Waals surface area contributed by atoms with Crippen LogP contribution in [0.2, 0.25) is 0 Å². The van der Waals surface area contributed by atoms with Gasteiger partial charge in [0.25, 0.3) is 0 Å². The molecule has 1 fully saturated rings. The Bertz CT molecular complexity index is 461. The van der Waals surface area contributed by atoms with Crippen molar-refractivity contribution in [3.63, 3.8) is 0 Å². The lowest BCUT2D eigenvalue weighted by atomic mass is 10.1. The van der Waals surface area contributed by atoms with E-state index in [1.807, 2.05) is 38.1 Å². The summed E-state index contributed by atoms with van der Waals surface area (Å²) < 4.78 is 5.76. The molecule has 4 nitrogen and oxygen atoms in total. The van der Waals surface area contributed by atoms with E-state index in [1.165, 1.54) is 0 Å². The van der Waals surface area contributed by atoms with Crippen LogP contribution < -0.4 is 10.1 Å². The second-order valence-corrected chi connectivity index (χ2v) is 5.59. The van der Waals surface area contributed by atoms with Gasteiger partial charge < -0.3 is 15.2 Å².